The Kier molecular flexibility index (Phi) is 4.76. The molecule has 1 aromatic heterocycles. The zero-order chi connectivity index (χ0) is 13.7. The molecular formula is C13H14ClN3OS. The first-order valence-electron chi connectivity index (χ1n) is 5.81. The molecule has 0 aliphatic carbocycles. The van der Waals surface area contributed by atoms with Gasteiger partial charge >= 0.3 is 0 Å². The molecule has 19 heavy (non-hydrogen) atoms. The Morgan fingerprint density at radius 2 is 2.21 bits per heavy atom. The second-order valence-electron chi connectivity index (χ2n) is 3.94. The van der Waals surface area contributed by atoms with Crippen molar-refractivity contribution in [2.24, 2.45) is 0 Å². The van der Waals surface area contributed by atoms with E-state index >= 15 is 0 Å². The van der Waals surface area contributed by atoms with Crippen LogP contribution in [-0.4, -0.2) is 17.9 Å². The van der Waals surface area contributed by atoms with Gasteiger partial charge in [0.2, 0.25) is 5.91 Å². The van der Waals surface area contributed by atoms with E-state index in [-0.39, 0.29) is 12.3 Å². The number of thiazole rings is 1. The Bertz CT molecular complexity index is 571. The maximum atomic E-state index is 11.8. The molecule has 0 atom stereocenters. The average molecular weight is 296 g/mol. The zero-order valence-electron chi connectivity index (χ0n) is 10.4. The number of anilines is 1. The Hall–Kier alpha value is -1.59. The van der Waals surface area contributed by atoms with Crippen LogP contribution < -0.4 is 10.6 Å². The summed E-state index contributed by atoms with van der Waals surface area (Å²) >= 11 is 7.50. The lowest BCUT2D eigenvalue weighted by Crippen LogP contribution is -2.24. The van der Waals surface area contributed by atoms with Crippen LogP contribution >= 0.6 is 22.9 Å². The van der Waals surface area contributed by atoms with Gasteiger partial charge in [-0.15, -0.1) is 11.3 Å². The predicted octanol–water partition coefficient (Wildman–Crippen LogP) is 2.70. The molecule has 0 fully saturated rings. The van der Waals surface area contributed by atoms with Crippen LogP contribution in [0, 0.1) is 0 Å². The topological polar surface area (TPSA) is 54.0 Å². The fourth-order valence-electron chi connectivity index (χ4n) is 1.57. The van der Waals surface area contributed by atoms with Crippen LogP contribution in [0.3, 0.4) is 0 Å². The highest BCUT2D eigenvalue weighted by Crippen LogP contribution is 2.16. The van der Waals surface area contributed by atoms with Crippen molar-refractivity contribution in [2.75, 3.05) is 12.4 Å². The Balaban J connectivity index is 1.86. The van der Waals surface area contributed by atoms with Crippen molar-refractivity contribution < 1.29 is 4.79 Å². The van der Waals surface area contributed by atoms with E-state index in [1.165, 1.54) is 11.3 Å². The average Bonchev–Trinajstić information content (AvgIpc) is 2.85. The quantitative estimate of drug-likeness (QED) is 0.892. The third kappa shape index (κ3) is 3.94. The van der Waals surface area contributed by atoms with Crippen LogP contribution in [-0.2, 0) is 17.8 Å². The van der Waals surface area contributed by atoms with Crippen LogP contribution in [0.2, 0.25) is 5.02 Å². The fourth-order valence-corrected chi connectivity index (χ4v) is 2.44. The van der Waals surface area contributed by atoms with Crippen molar-refractivity contribution in [1.29, 1.82) is 0 Å². The molecule has 0 saturated carbocycles. The molecule has 100 valence electrons. The number of nitrogens with zero attached hydrogens (tertiary/aromatic N) is 1. The minimum atomic E-state index is -0.0622. The molecule has 0 radical (unpaired) electrons. The van der Waals surface area contributed by atoms with Crippen molar-refractivity contribution >= 4 is 34.0 Å². The maximum absolute atomic E-state index is 11.8. The highest BCUT2D eigenvalue weighted by atomic mass is 35.5. The van der Waals surface area contributed by atoms with Crippen LogP contribution in [0.25, 0.3) is 0 Å². The van der Waals surface area contributed by atoms with Crippen molar-refractivity contribution in [3.05, 3.63) is 45.9 Å². The summed E-state index contributed by atoms with van der Waals surface area (Å²) in [5.74, 6) is -0.0622. The highest BCUT2D eigenvalue weighted by Gasteiger charge is 2.07. The minimum absolute atomic E-state index is 0.0622. The first kappa shape index (κ1) is 13.8. The molecule has 6 heteroatoms. The van der Waals surface area contributed by atoms with Gasteiger partial charge in [0.15, 0.2) is 5.13 Å². The number of benzene rings is 1. The summed E-state index contributed by atoms with van der Waals surface area (Å²) in [6, 6.07) is 7.46. The van der Waals surface area contributed by atoms with E-state index in [1.54, 1.807) is 7.05 Å². The van der Waals surface area contributed by atoms with Crippen molar-refractivity contribution in [2.45, 2.75) is 13.0 Å². The van der Waals surface area contributed by atoms with E-state index in [4.69, 9.17) is 11.6 Å². The zero-order valence-corrected chi connectivity index (χ0v) is 12.0. The number of aromatic nitrogens is 1. The lowest BCUT2D eigenvalue weighted by atomic mass is 10.2. The molecular weight excluding hydrogens is 282 g/mol. The summed E-state index contributed by atoms with van der Waals surface area (Å²) in [4.78, 5) is 16.0. The number of carbonyl (C=O) groups is 1. The molecule has 0 aliphatic rings. The SMILES string of the molecule is CNc1nc(CC(=O)NCc2ccccc2Cl)cs1. The van der Waals surface area contributed by atoms with E-state index in [1.807, 2.05) is 29.6 Å². The first-order chi connectivity index (χ1) is 9.19. The number of amides is 1. The minimum Gasteiger partial charge on any atom is -0.365 e. The van der Waals surface area contributed by atoms with E-state index in [0.29, 0.717) is 11.6 Å². The molecule has 1 aromatic carbocycles. The number of nitrogens with one attached hydrogen (secondary N) is 2. The lowest BCUT2D eigenvalue weighted by molar-refractivity contribution is -0.120. The molecule has 4 nitrogen and oxygen atoms in total. The van der Waals surface area contributed by atoms with Gasteiger partial charge in [0, 0.05) is 24.0 Å². The van der Waals surface area contributed by atoms with Crippen LogP contribution in [0.15, 0.2) is 29.6 Å². The van der Waals surface area contributed by atoms with Gasteiger partial charge < -0.3 is 10.6 Å². The summed E-state index contributed by atoms with van der Waals surface area (Å²) in [6.45, 7) is 0.432. The Morgan fingerprint density at radius 1 is 1.42 bits per heavy atom. The van der Waals surface area contributed by atoms with Gasteiger partial charge in [-0.2, -0.15) is 0 Å². The molecule has 0 bridgehead atoms. The number of hydrogen-bond acceptors (Lipinski definition) is 4. The standard InChI is InChI=1S/C13H14ClN3OS/c1-15-13-17-10(8-19-13)6-12(18)16-7-9-4-2-3-5-11(9)14/h2-5,8H,6-7H2,1H3,(H,15,17)(H,16,18). The number of hydrogen-bond donors (Lipinski definition) is 2. The van der Waals surface area contributed by atoms with Crippen LogP contribution in [0.5, 0.6) is 0 Å². The normalized spacial score (nSPS) is 10.2. The van der Waals surface area contributed by atoms with Gasteiger partial charge in [-0.3, -0.25) is 4.79 Å². The summed E-state index contributed by atoms with van der Waals surface area (Å²) in [7, 11) is 1.81. The molecule has 1 amide bonds. The molecule has 2 rings (SSSR count). The van der Waals surface area contributed by atoms with Crippen LogP contribution in [0.1, 0.15) is 11.3 Å². The molecule has 0 aliphatic heterocycles. The maximum Gasteiger partial charge on any atom is 0.226 e. The van der Waals surface area contributed by atoms with Crippen molar-refractivity contribution in [1.82, 2.24) is 10.3 Å². The van der Waals surface area contributed by atoms with Gasteiger partial charge in [-0.1, -0.05) is 29.8 Å². The van der Waals surface area contributed by atoms with Gasteiger partial charge in [-0.05, 0) is 11.6 Å². The van der Waals surface area contributed by atoms with Gasteiger partial charge in [0.25, 0.3) is 0 Å². The van der Waals surface area contributed by atoms with Gasteiger partial charge in [0.1, 0.15) is 0 Å². The molecule has 2 N–H and O–H groups in total. The fraction of sp³-hybridized carbons (Fsp3) is 0.231. The number of rotatable bonds is 5. The summed E-state index contributed by atoms with van der Waals surface area (Å²) in [5, 5.41) is 9.13. The number of carbonyl (C=O) groups excluding carboxylic acids is 1. The first-order valence-corrected chi connectivity index (χ1v) is 7.07. The second-order valence-corrected chi connectivity index (χ2v) is 5.20. The third-order valence-electron chi connectivity index (χ3n) is 2.54. The second kappa shape index (κ2) is 6.54. The van der Waals surface area contributed by atoms with Crippen molar-refractivity contribution in [3.8, 4) is 0 Å². The van der Waals surface area contributed by atoms with E-state index in [0.717, 1.165) is 16.4 Å². The van der Waals surface area contributed by atoms with Crippen molar-refractivity contribution in [3.63, 3.8) is 0 Å². The molecule has 0 saturated heterocycles. The van der Waals surface area contributed by atoms with Gasteiger partial charge in [-0.25, -0.2) is 4.98 Å². The number of halogens is 1. The van der Waals surface area contributed by atoms with E-state index in [2.05, 4.69) is 15.6 Å². The summed E-state index contributed by atoms with van der Waals surface area (Å²) < 4.78 is 0. The van der Waals surface area contributed by atoms with E-state index in [9.17, 15) is 4.79 Å². The molecule has 2 aromatic rings. The Morgan fingerprint density at radius 3 is 2.89 bits per heavy atom. The van der Waals surface area contributed by atoms with Crippen LogP contribution in [0.4, 0.5) is 5.13 Å². The summed E-state index contributed by atoms with van der Waals surface area (Å²) in [5.41, 5.74) is 1.68. The molecule has 0 spiro atoms. The van der Waals surface area contributed by atoms with E-state index < -0.39 is 0 Å². The highest BCUT2D eigenvalue weighted by molar-refractivity contribution is 7.13. The summed E-state index contributed by atoms with van der Waals surface area (Å²) in [6.07, 6.45) is 0.280. The van der Waals surface area contributed by atoms with Gasteiger partial charge in [0.05, 0.1) is 12.1 Å². The predicted molar refractivity (Wildman–Crippen MR) is 78.7 cm³/mol. The monoisotopic (exact) mass is 295 g/mol. The molecule has 0 unspecified atom stereocenters. The smallest absolute Gasteiger partial charge is 0.226 e. The largest absolute Gasteiger partial charge is 0.365 e. The Labute approximate surface area is 120 Å². The lowest BCUT2D eigenvalue weighted by Gasteiger charge is -2.05. The third-order valence-corrected chi connectivity index (χ3v) is 3.82. The molecule has 1 heterocycles.